The average molecular weight is 826 g/mol. The Morgan fingerprint density at radius 2 is 1.00 bits per heavy atom. The number of ether oxygens (including phenoxy) is 1. The highest BCUT2D eigenvalue weighted by atomic mass is 16.5. The number of likely N-dealkylation sites (N-methyl/N-ethyl adjacent to an activating group) is 1. The molecule has 7 N–H and O–H groups in total. The number of unbranched alkanes of at least 4 members (excludes halogenated alkanes) is 22. The number of carboxylic acids is 1. The first kappa shape index (κ1) is 53.7. The van der Waals surface area contributed by atoms with Crippen LogP contribution in [0, 0.1) is 11.8 Å². The minimum Gasteiger partial charge on any atom is -0.481 e. The van der Waals surface area contributed by atoms with E-state index in [-0.39, 0.29) is 37.7 Å². The van der Waals surface area contributed by atoms with Crippen molar-refractivity contribution in [3.8, 4) is 0 Å². The molecule has 0 aliphatic heterocycles. The molecule has 0 bridgehead atoms. The molecule has 340 valence electrons. The van der Waals surface area contributed by atoms with Crippen molar-refractivity contribution < 1.29 is 44.3 Å². The summed E-state index contributed by atoms with van der Waals surface area (Å²) in [5.41, 5.74) is 0. The van der Waals surface area contributed by atoms with E-state index in [0.29, 0.717) is 12.8 Å². The molecule has 58 heavy (non-hydrogen) atoms. The van der Waals surface area contributed by atoms with Crippen molar-refractivity contribution >= 4 is 23.7 Å². The first-order chi connectivity index (χ1) is 28.0. The molecule has 12 nitrogen and oxygen atoms in total. The highest BCUT2D eigenvalue weighted by Gasteiger charge is 2.44. The van der Waals surface area contributed by atoms with Crippen molar-refractivity contribution in [2.75, 3.05) is 13.7 Å². The maximum atomic E-state index is 14.0. The topological polar surface area (TPSA) is 195 Å². The van der Waals surface area contributed by atoms with E-state index in [4.69, 9.17) is 4.74 Å². The summed E-state index contributed by atoms with van der Waals surface area (Å²) in [6.07, 6.45) is 26.1. The predicted molar refractivity (Wildman–Crippen MR) is 231 cm³/mol. The van der Waals surface area contributed by atoms with Gasteiger partial charge in [0.1, 0.15) is 18.2 Å². The van der Waals surface area contributed by atoms with Gasteiger partial charge >= 0.3 is 5.97 Å². The Kier molecular flexibility index (Phi) is 31.9. The Bertz CT molecular complexity index is 1050. The molecule has 7 atom stereocenters. The molecule has 1 saturated carbocycles. The molecule has 0 aromatic carbocycles. The standard InChI is InChI=1S/C46H87N3O9/c1-5-7-9-11-13-15-17-19-21-23-25-27-29-36(30-28-26-24-22-20-18-16-14-12-10-8-6-2)44(55)49-39(34-58-40-33-37(35(3)50)42(53)43(40)54)46(57)48-38(45(56)47-4)31-32-41(51)52/h35-40,42-43,50,53-54H,5-34H2,1-4H3,(H,47,56)(H,48,57)(H,49,55)(H,51,52)/t35?,37-,38?,39?,40-,42-,43-/m1/s1. The van der Waals surface area contributed by atoms with Gasteiger partial charge in [-0.05, 0) is 32.6 Å². The molecule has 3 unspecified atom stereocenters. The summed E-state index contributed by atoms with van der Waals surface area (Å²) < 4.78 is 5.96. The van der Waals surface area contributed by atoms with E-state index in [2.05, 4.69) is 29.8 Å². The lowest BCUT2D eigenvalue weighted by molar-refractivity contribution is -0.138. The van der Waals surface area contributed by atoms with Gasteiger partial charge in [-0.2, -0.15) is 0 Å². The van der Waals surface area contributed by atoms with Gasteiger partial charge in [-0.25, -0.2) is 0 Å². The van der Waals surface area contributed by atoms with E-state index < -0.39 is 60.2 Å². The zero-order chi connectivity index (χ0) is 43.0. The molecule has 0 aromatic heterocycles. The predicted octanol–water partition coefficient (Wildman–Crippen LogP) is 7.87. The van der Waals surface area contributed by atoms with E-state index in [0.717, 1.165) is 38.5 Å². The molecule has 0 saturated heterocycles. The van der Waals surface area contributed by atoms with E-state index in [9.17, 15) is 39.6 Å². The summed E-state index contributed by atoms with van der Waals surface area (Å²) in [4.78, 5) is 51.7. The fourth-order valence-electron chi connectivity index (χ4n) is 8.21. The smallest absolute Gasteiger partial charge is 0.303 e. The van der Waals surface area contributed by atoms with Gasteiger partial charge in [-0.15, -0.1) is 0 Å². The normalized spacial score (nSPS) is 19.5. The Labute approximate surface area is 352 Å². The second-order valence-electron chi connectivity index (χ2n) is 17.2. The highest BCUT2D eigenvalue weighted by Crippen LogP contribution is 2.31. The average Bonchev–Trinajstić information content (AvgIpc) is 3.49. The number of hydrogen-bond donors (Lipinski definition) is 7. The number of carbonyl (C=O) groups is 4. The second-order valence-corrected chi connectivity index (χ2v) is 17.2. The number of aliphatic carboxylic acids is 1. The van der Waals surface area contributed by atoms with Crippen molar-refractivity contribution in [2.45, 2.75) is 243 Å². The van der Waals surface area contributed by atoms with Crippen LogP contribution in [0.4, 0.5) is 0 Å². The highest BCUT2D eigenvalue weighted by molar-refractivity contribution is 5.92. The van der Waals surface area contributed by atoms with Crippen molar-refractivity contribution in [1.82, 2.24) is 16.0 Å². The van der Waals surface area contributed by atoms with E-state index in [1.165, 1.54) is 130 Å². The number of carboxylic acid groups (broad SMARTS) is 1. The minimum absolute atomic E-state index is 0.146. The number of aliphatic hydroxyl groups excluding tert-OH is 3. The Balaban J connectivity index is 2.92. The molecule has 0 heterocycles. The van der Waals surface area contributed by atoms with E-state index >= 15 is 0 Å². The number of rotatable bonds is 38. The summed E-state index contributed by atoms with van der Waals surface area (Å²) in [6.45, 7) is 5.67. The van der Waals surface area contributed by atoms with Crippen molar-refractivity contribution in [1.29, 1.82) is 0 Å². The number of aliphatic hydroxyl groups is 3. The molecule has 0 spiro atoms. The van der Waals surface area contributed by atoms with Crippen LogP contribution >= 0.6 is 0 Å². The number of amides is 3. The van der Waals surface area contributed by atoms with E-state index in [1.54, 1.807) is 0 Å². The van der Waals surface area contributed by atoms with Gasteiger partial charge < -0.3 is 41.1 Å². The second kappa shape index (κ2) is 34.4. The molecule has 1 rings (SSSR count). The fraction of sp³-hybridized carbons (Fsp3) is 0.913. The Morgan fingerprint density at radius 3 is 1.38 bits per heavy atom. The quantitative estimate of drug-likeness (QED) is 0.0303. The van der Waals surface area contributed by atoms with Gasteiger partial charge in [0.05, 0.1) is 24.9 Å². The first-order valence-corrected chi connectivity index (χ1v) is 23.7. The summed E-state index contributed by atoms with van der Waals surface area (Å²) in [5.74, 6) is -3.59. The lowest BCUT2D eigenvalue weighted by Gasteiger charge is -2.26. The number of hydrogen-bond acceptors (Lipinski definition) is 8. The van der Waals surface area contributed by atoms with Crippen LogP contribution in [0.25, 0.3) is 0 Å². The Morgan fingerprint density at radius 1 is 0.586 bits per heavy atom. The van der Waals surface area contributed by atoms with Crippen molar-refractivity contribution in [3.63, 3.8) is 0 Å². The van der Waals surface area contributed by atoms with Crippen LogP contribution in [0.2, 0.25) is 0 Å². The molecule has 0 radical (unpaired) electrons. The van der Waals surface area contributed by atoms with Crippen LogP contribution < -0.4 is 16.0 Å². The van der Waals surface area contributed by atoms with Crippen LogP contribution in [0.3, 0.4) is 0 Å². The van der Waals surface area contributed by atoms with Crippen molar-refractivity contribution in [2.24, 2.45) is 11.8 Å². The molecule has 3 amide bonds. The van der Waals surface area contributed by atoms with Gasteiger partial charge in [0.15, 0.2) is 0 Å². The third kappa shape index (κ3) is 24.7. The summed E-state index contributed by atoms with van der Waals surface area (Å²) in [7, 11) is 1.39. The fourth-order valence-corrected chi connectivity index (χ4v) is 8.21. The summed E-state index contributed by atoms with van der Waals surface area (Å²) in [5, 5.41) is 48.5. The van der Waals surface area contributed by atoms with Crippen LogP contribution in [0.1, 0.15) is 207 Å². The van der Waals surface area contributed by atoms with E-state index in [1.807, 2.05) is 0 Å². The maximum Gasteiger partial charge on any atom is 0.303 e. The van der Waals surface area contributed by atoms with Crippen LogP contribution in [-0.4, -0.2) is 94.3 Å². The Hall–Kier alpha value is -2.28. The van der Waals surface area contributed by atoms with Gasteiger partial charge in [0, 0.05) is 25.3 Å². The van der Waals surface area contributed by atoms with Gasteiger partial charge in [-0.1, -0.05) is 168 Å². The SMILES string of the molecule is CCCCCCCCCCCCCCC(CCCCCCCCCCCCCC)C(=O)NC(CO[C@@H]1C[C@H](C(C)O)[C@@H](O)[C@@H]1O)C(=O)NC(CCC(=O)O)C(=O)NC. The summed E-state index contributed by atoms with van der Waals surface area (Å²) in [6, 6.07) is -2.39. The third-order valence-electron chi connectivity index (χ3n) is 12.1. The molecular formula is C46H87N3O9. The van der Waals surface area contributed by atoms with Crippen LogP contribution in [0.5, 0.6) is 0 Å². The lowest BCUT2D eigenvalue weighted by atomic mass is 9.92. The van der Waals surface area contributed by atoms with Crippen LogP contribution in [0.15, 0.2) is 0 Å². The van der Waals surface area contributed by atoms with Crippen LogP contribution in [-0.2, 0) is 23.9 Å². The third-order valence-corrected chi connectivity index (χ3v) is 12.1. The zero-order valence-corrected chi connectivity index (χ0v) is 37.2. The largest absolute Gasteiger partial charge is 0.481 e. The molecule has 1 aliphatic rings. The molecule has 1 aliphatic carbocycles. The number of carbonyl (C=O) groups excluding carboxylic acids is 3. The molecular weight excluding hydrogens is 739 g/mol. The summed E-state index contributed by atoms with van der Waals surface area (Å²) >= 11 is 0. The molecule has 1 fully saturated rings. The van der Waals surface area contributed by atoms with Gasteiger partial charge in [-0.3, -0.25) is 19.2 Å². The minimum atomic E-state index is -1.29. The van der Waals surface area contributed by atoms with Gasteiger partial charge in [0.25, 0.3) is 0 Å². The molecule has 12 heteroatoms. The maximum absolute atomic E-state index is 14.0. The molecule has 0 aromatic rings. The number of nitrogens with one attached hydrogen (secondary N) is 3. The lowest BCUT2D eigenvalue weighted by Crippen LogP contribution is -2.56. The first-order valence-electron chi connectivity index (χ1n) is 23.7. The zero-order valence-electron chi connectivity index (χ0n) is 37.2. The van der Waals surface area contributed by atoms with Gasteiger partial charge in [0.2, 0.25) is 17.7 Å². The monoisotopic (exact) mass is 826 g/mol. The van der Waals surface area contributed by atoms with Crippen molar-refractivity contribution in [3.05, 3.63) is 0 Å².